The summed E-state index contributed by atoms with van der Waals surface area (Å²) in [6.07, 6.45) is -3.76. The molecule has 4 nitrogen and oxygen atoms in total. The minimum atomic E-state index is -2.70. The molecule has 0 aliphatic rings. The second-order valence-corrected chi connectivity index (χ2v) is 3.12. The lowest BCUT2D eigenvalue weighted by atomic mass is 10.2. The first kappa shape index (κ1) is 5.97. The lowest BCUT2D eigenvalue weighted by molar-refractivity contribution is -0.873. The van der Waals surface area contributed by atoms with Crippen molar-refractivity contribution in [3.05, 3.63) is 0 Å². The van der Waals surface area contributed by atoms with Crippen LogP contribution in [0, 0.1) is 0 Å². The Labute approximate surface area is 70.9 Å². The highest BCUT2D eigenvalue weighted by atomic mass is 16.4. The number of nitrogens with zero attached hydrogens (tertiary/aromatic N) is 1. The average Bonchev–Trinajstić information content (AvgIpc) is 1.80. The minimum Gasteiger partial charge on any atom is -0.550 e. The van der Waals surface area contributed by atoms with Gasteiger partial charge in [0, 0.05) is 12.4 Å². The Morgan fingerprint density at radius 3 is 2.55 bits per heavy atom. The fraction of sp³-hybridized carbons (Fsp3) is 0.857. The summed E-state index contributed by atoms with van der Waals surface area (Å²) < 4.78 is 21.9. The van der Waals surface area contributed by atoms with Gasteiger partial charge in [-0.1, -0.05) is 0 Å². The van der Waals surface area contributed by atoms with Crippen molar-refractivity contribution in [1.29, 1.82) is 0 Å². The summed E-state index contributed by atoms with van der Waals surface area (Å²) in [5.41, 5.74) is 0. The second-order valence-electron chi connectivity index (χ2n) is 3.12. The normalized spacial score (nSPS) is 22.7. The number of carbonyl (C=O) groups excluding carboxylic acids is 1. The van der Waals surface area contributed by atoms with Crippen molar-refractivity contribution >= 4 is 5.97 Å². The minimum absolute atomic E-state index is 0.375. The van der Waals surface area contributed by atoms with Crippen molar-refractivity contribution in [2.24, 2.45) is 0 Å². The predicted octanol–water partition coefficient (Wildman–Crippen LogP) is -1.81. The smallest absolute Gasteiger partial charge is 0.108 e. The molecular formula is C7H15NO3. The van der Waals surface area contributed by atoms with E-state index in [-0.39, 0.29) is 4.48 Å². The van der Waals surface area contributed by atoms with Gasteiger partial charge in [0.2, 0.25) is 0 Å². The third-order valence-electron chi connectivity index (χ3n) is 0.776. The van der Waals surface area contributed by atoms with Gasteiger partial charge >= 0.3 is 0 Å². The fourth-order valence-corrected chi connectivity index (χ4v) is 0.563. The number of rotatable bonds is 4. The summed E-state index contributed by atoms with van der Waals surface area (Å²) in [6, 6.07) is 0. The van der Waals surface area contributed by atoms with Gasteiger partial charge < -0.3 is 19.5 Å². The molecule has 0 saturated heterocycles. The maximum Gasteiger partial charge on any atom is 0.108 e. The second kappa shape index (κ2) is 3.69. The largest absolute Gasteiger partial charge is 0.550 e. The molecule has 0 fully saturated rings. The van der Waals surface area contributed by atoms with Crippen LogP contribution in [0.4, 0.5) is 0 Å². The first-order valence-corrected chi connectivity index (χ1v) is 3.15. The zero-order chi connectivity index (χ0) is 11.8. The van der Waals surface area contributed by atoms with Crippen molar-refractivity contribution in [2.75, 3.05) is 27.6 Å². The van der Waals surface area contributed by atoms with Gasteiger partial charge in [-0.2, -0.15) is 0 Å². The van der Waals surface area contributed by atoms with Crippen molar-refractivity contribution < 1.29 is 23.6 Å². The summed E-state index contributed by atoms with van der Waals surface area (Å²) in [7, 11) is 4.28. The van der Waals surface area contributed by atoms with E-state index < -0.39 is 25.0 Å². The molecule has 1 N–H and O–H groups in total. The standard InChI is InChI=1S/C7H15NO3/c1-8(2,3)5-6(9)4-7(10)11/h6,9H,4-5H2,1-3H3/i5D2,6D. The summed E-state index contributed by atoms with van der Waals surface area (Å²) in [5, 5.41) is 19.6. The number of carboxylic acid groups (broad SMARTS) is 1. The third kappa shape index (κ3) is 7.29. The van der Waals surface area contributed by atoms with Crippen LogP contribution in [0.2, 0.25) is 0 Å². The van der Waals surface area contributed by atoms with E-state index in [1.807, 2.05) is 0 Å². The van der Waals surface area contributed by atoms with Gasteiger partial charge in [-0.3, -0.25) is 0 Å². The molecule has 1 unspecified atom stereocenters. The van der Waals surface area contributed by atoms with E-state index in [4.69, 9.17) is 4.11 Å². The Bertz CT molecular complexity index is 235. The fourth-order valence-electron chi connectivity index (χ4n) is 0.563. The number of quaternary nitrogens is 1. The monoisotopic (exact) mass is 164 g/mol. The van der Waals surface area contributed by atoms with Gasteiger partial charge in [-0.15, -0.1) is 0 Å². The molecule has 66 valence electrons. The van der Waals surface area contributed by atoms with Crippen LogP contribution in [0.3, 0.4) is 0 Å². The van der Waals surface area contributed by atoms with Crippen LogP contribution in [-0.4, -0.2) is 49.3 Å². The quantitative estimate of drug-likeness (QED) is 0.498. The van der Waals surface area contributed by atoms with Crippen LogP contribution in [-0.2, 0) is 4.79 Å². The molecule has 0 saturated carbocycles. The van der Waals surface area contributed by atoms with Crippen molar-refractivity contribution in [2.45, 2.75) is 12.5 Å². The maximum absolute atomic E-state index is 10.2. The SMILES string of the molecule is [2H]C(O)(CC(=O)[O-])C([2H])([2H])[N+](C)(C)C. The van der Waals surface area contributed by atoms with E-state index in [2.05, 4.69) is 0 Å². The molecule has 1 atom stereocenters. The van der Waals surface area contributed by atoms with Crippen molar-refractivity contribution in [3.63, 3.8) is 0 Å². The first-order valence-electron chi connectivity index (χ1n) is 4.65. The van der Waals surface area contributed by atoms with Gasteiger partial charge in [-0.25, -0.2) is 0 Å². The third-order valence-corrected chi connectivity index (χ3v) is 0.776. The topological polar surface area (TPSA) is 60.4 Å². The lowest BCUT2D eigenvalue weighted by Gasteiger charge is -2.26. The molecule has 0 aliphatic heterocycles. The van der Waals surface area contributed by atoms with Crippen LogP contribution in [0.15, 0.2) is 0 Å². The number of carboxylic acids is 1. The maximum atomic E-state index is 10.2. The highest BCUT2D eigenvalue weighted by Gasteiger charge is 2.14. The number of likely N-dealkylation sites (N-methyl/N-ethyl adjacent to an activating group) is 1. The Balaban J connectivity index is 4.97. The van der Waals surface area contributed by atoms with Crippen molar-refractivity contribution in [3.8, 4) is 0 Å². The van der Waals surface area contributed by atoms with Gasteiger partial charge in [0.05, 0.1) is 25.3 Å². The summed E-state index contributed by atoms with van der Waals surface area (Å²) in [4.78, 5) is 10.2. The Kier molecular flexibility index (Phi) is 2.00. The molecule has 0 bridgehead atoms. The molecule has 0 rings (SSSR count). The van der Waals surface area contributed by atoms with Crippen LogP contribution in [0.25, 0.3) is 0 Å². The van der Waals surface area contributed by atoms with Gasteiger partial charge in [0.15, 0.2) is 0 Å². The van der Waals surface area contributed by atoms with Crippen LogP contribution in [0.1, 0.15) is 10.5 Å². The Morgan fingerprint density at radius 1 is 1.82 bits per heavy atom. The zero-order valence-corrected chi connectivity index (χ0v) is 6.92. The number of aliphatic carboxylic acids is 1. The number of aliphatic hydroxyl groups is 1. The molecule has 0 radical (unpaired) electrons. The van der Waals surface area contributed by atoms with Crippen molar-refractivity contribution in [1.82, 2.24) is 0 Å². The Morgan fingerprint density at radius 2 is 2.27 bits per heavy atom. The van der Waals surface area contributed by atoms with Crippen LogP contribution in [0.5, 0.6) is 0 Å². The van der Waals surface area contributed by atoms with E-state index in [9.17, 15) is 15.0 Å². The average molecular weight is 164 g/mol. The van der Waals surface area contributed by atoms with Crippen LogP contribution >= 0.6 is 0 Å². The number of carbonyl (C=O) groups is 1. The summed E-state index contributed by atoms with van der Waals surface area (Å²) >= 11 is 0. The summed E-state index contributed by atoms with van der Waals surface area (Å²) in [5.74, 6) is -1.65. The molecule has 0 spiro atoms. The van der Waals surface area contributed by atoms with E-state index in [1.54, 1.807) is 0 Å². The van der Waals surface area contributed by atoms with Gasteiger partial charge in [-0.05, 0) is 0 Å². The highest BCUT2D eigenvalue weighted by Crippen LogP contribution is 1.97. The molecule has 0 aliphatic carbocycles. The first-order chi connectivity index (χ1) is 5.92. The van der Waals surface area contributed by atoms with E-state index in [0.717, 1.165) is 0 Å². The number of hydrogen-bond donors (Lipinski definition) is 1. The highest BCUT2D eigenvalue weighted by molar-refractivity contribution is 5.64. The summed E-state index contributed by atoms with van der Waals surface area (Å²) in [6.45, 7) is -2.40. The van der Waals surface area contributed by atoms with Gasteiger partial charge in [0.1, 0.15) is 12.6 Å². The predicted molar refractivity (Wildman–Crippen MR) is 38.5 cm³/mol. The van der Waals surface area contributed by atoms with E-state index in [1.165, 1.54) is 21.1 Å². The van der Waals surface area contributed by atoms with E-state index in [0.29, 0.717) is 0 Å². The number of hydrogen-bond acceptors (Lipinski definition) is 3. The Hall–Kier alpha value is -0.610. The van der Waals surface area contributed by atoms with E-state index >= 15 is 0 Å². The molecule has 0 amide bonds. The molecule has 4 heteroatoms. The molecule has 0 aromatic carbocycles. The molecule has 0 aromatic heterocycles. The van der Waals surface area contributed by atoms with Gasteiger partial charge in [0.25, 0.3) is 0 Å². The van der Waals surface area contributed by atoms with Crippen LogP contribution < -0.4 is 5.11 Å². The lowest BCUT2D eigenvalue weighted by Crippen LogP contribution is -2.43. The molecule has 0 aromatic rings. The molecular weight excluding hydrogens is 146 g/mol. The zero-order valence-electron chi connectivity index (χ0n) is 9.92. The molecule has 11 heavy (non-hydrogen) atoms. The molecule has 0 heterocycles.